The van der Waals surface area contributed by atoms with Crippen LogP contribution in [0, 0.1) is 11.3 Å². The number of carboxylic acids is 1. The van der Waals surface area contributed by atoms with E-state index >= 15 is 0 Å². The molecule has 76 valence electrons. The highest BCUT2D eigenvalue weighted by molar-refractivity contribution is 6.36. The second-order valence-corrected chi connectivity index (χ2v) is 3.04. The van der Waals surface area contributed by atoms with Crippen molar-refractivity contribution in [3.05, 3.63) is 28.8 Å². The third kappa shape index (κ3) is 2.97. The van der Waals surface area contributed by atoms with E-state index in [0.29, 0.717) is 0 Å². The summed E-state index contributed by atoms with van der Waals surface area (Å²) in [6, 6.07) is 5.90. The van der Waals surface area contributed by atoms with Gasteiger partial charge in [-0.3, -0.25) is 4.79 Å². The number of carbonyl (C=O) groups is 2. The topological polar surface area (TPSA) is 90.2 Å². The van der Waals surface area contributed by atoms with Crippen LogP contribution >= 0.6 is 11.6 Å². The Hall–Kier alpha value is -2.06. The van der Waals surface area contributed by atoms with E-state index in [-0.39, 0.29) is 16.3 Å². The molecule has 2 N–H and O–H groups in total. The molecule has 1 rings (SSSR count). The van der Waals surface area contributed by atoms with E-state index in [2.05, 4.69) is 5.32 Å². The van der Waals surface area contributed by atoms with Gasteiger partial charge in [0.2, 0.25) is 0 Å². The average molecular weight is 225 g/mol. The Morgan fingerprint density at radius 1 is 1.40 bits per heavy atom. The van der Waals surface area contributed by atoms with Gasteiger partial charge in [0.25, 0.3) is 0 Å². The minimum absolute atomic E-state index is 0.173. The zero-order valence-electron chi connectivity index (χ0n) is 7.32. The minimum atomic E-state index is -1.60. The Kier molecular flexibility index (Phi) is 3.26. The highest BCUT2D eigenvalue weighted by atomic mass is 35.5. The van der Waals surface area contributed by atoms with E-state index < -0.39 is 11.9 Å². The maximum Gasteiger partial charge on any atom is 0.394 e. The Balaban J connectivity index is 2.96. The lowest BCUT2D eigenvalue weighted by molar-refractivity contribution is -0.147. The summed E-state index contributed by atoms with van der Waals surface area (Å²) < 4.78 is 0. The summed E-state index contributed by atoms with van der Waals surface area (Å²) in [5, 5.41) is 19.2. The Morgan fingerprint density at radius 3 is 2.60 bits per heavy atom. The molecule has 0 saturated heterocycles. The van der Waals surface area contributed by atoms with Gasteiger partial charge in [-0.1, -0.05) is 11.6 Å². The van der Waals surface area contributed by atoms with E-state index in [4.69, 9.17) is 22.0 Å². The second kappa shape index (κ2) is 4.44. The fourth-order valence-electron chi connectivity index (χ4n) is 0.911. The molecule has 0 aromatic heterocycles. The minimum Gasteiger partial charge on any atom is -0.474 e. The fraction of sp³-hybridized carbons (Fsp3) is 0. The van der Waals surface area contributed by atoms with Crippen LogP contribution in [-0.4, -0.2) is 17.0 Å². The average Bonchev–Trinajstić information content (AvgIpc) is 2.16. The lowest BCUT2D eigenvalue weighted by atomic mass is 10.2. The van der Waals surface area contributed by atoms with Gasteiger partial charge in [0.15, 0.2) is 0 Å². The van der Waals surface area contributed by atoms with Crippen molar-refractivity contribution in [2.45, 2.75) is 0 Å². The molecule has 5 nitrogen and oxygen atoms in total. The number of hydrogen-bond donors (Lipinski definition) is 2. The zero-order chi connectivity index (χ0) is 11.4. The van der Waals surface area contributed by atoms with Crippen molar-refractivity contribution < 1.29 is 14.7 Å². The van der Waals surface area contributed by atoms with E-state index in [1.807, 2.05) is 6.07 Å². The summed E-state index contributed by atoms with van der Waals surface area (Å²) in [5.41, 5.74) is 0.412. The number of nitriles is 1. The Labute approximate surface area is 89.9 Å². The molecule has 0 aliphatic rings. The summed E-state index contributed by atoms with van der Waals surface area (Å²) in [6.45, 7) is 0. The molecule has 0 aliphatic heterocycles. The standard InChI is InChI=1S/C9H5ClN2O3/c10-6-1-5(4-11)2-7(3-6)12-8(13)9(14)15/h1-3H,(H,12,13)(H,14,15). The Morgan fingerprint density at radius 2 is 2.07 bits per heavy atom. The molecule has 0 radical (unpaired) electrons. The normalized spacial score (nSPS) is 9.07. The number of carboxylic acid groups (broad SMARTS) is 1. The van der Waals surface area contributed by atoms with Crippen LogP contribution < -0.4 is 5.32 Å². The van der Waals surface area contributed by atoms with E-state index in [1.54, 1.807) is 0 Å². The lowest BCUT2D eigenvalue weighted by Gasteiger charge is -2.02. The smallest absolute Gasteiger partial charge is 0.394 e. The molecule has 0 saturated carbocycles. The molecule has 6 heteroatoms. The van der Waals surface area contributed by atoms with E-state index in [1.165, 1.54) is 18.2 Å². The van der Waals surface area contributed by atoms with Crippen molar-refractivity contribution in [2.75, 3.05) is 5.32 Å². The summed E-state index contributed by atoms with van der Waals surface area (Å²) in [7, 11) is 0. The van der Waals surface area contributed by atoms with Gasteiger partial charge in [0.1, 0.15) is 0 Å². The summed E-state index contributed by atoms with van der Waals surface area (Å²) in [6.07, 6.45) is 0. The monoisotopic (exact) mass is 224 g/mol. The lowest BCUT2D eigenvalue weighted by Crippen LogP contribution is -2.21. The van der Waals surface area contributed by atoms with Crippen LogP contribution in [-0.2, 0) is 9.59 Å². The number of nitrogens with zero attached hydrogens (tertiary/aromatic N) is 1. The molecule has 1 amide bonds. The highest BCUT2D eigenvalue weighted by Crippen LogP contribution is 2.18. The molecular weight excluding hydrogens is 220 g/mol. The van der Waals surface area contributed by atoms with E-state index in [0.717, 1.165) is 0 Å². The van der Waals surface area contributed by atoms with E-state index in [9.17, 15) is 9.59 Å². The van der Waals surface area contributed by atoms with Crippen molar-refractivity contribution in [3.63, 3.8) is 0 Å². The van der Waals surface area contributed by atoms with Gasteiger partial charge < -0.3 is 10.4 Å². The van der Waals surface area contributed by atoms with Crippen LogP contribution in [0.25, 0.3) is 0 Å². The molecule has 15 heavy (non-hydrogen) atoms. The molecule has 0 atom stereocenters. The maximum absolute atomic E-state index is 10.8. The van der Waals surface area contributed by atoms with Crippen molar-refractivity contribution in [1.29, 1.82) is 5.26 Å². The van der Waals surface area contributed by atoms with Crippen LogP contribution in [0.4, 0.5) is 5.69 Å². The van der Waals surface area contributed by atoms with Crippen molar-refractivity contribution in [2.24, 2.45) is 0 Å². The van der Waals surface area contributed by atoms with Gasteiger partial charge >= 0.3 is 11.9 Å². The molecular formula is C9H5ClN2O3. The van der Waals surface area contributed by atoms with Crippen LogP contribution in [0.5, 0.6) is 0 Å². The molecule has 0 bridgehead atoms. The SMILES string of the molecule is N#Cc1cc(Cl)cc(NC(=O)C(=O)O)c1. The molecule has 0 heterocycles. The molecule has 0 spiro atoms. The van der Waals surface area contributed by atoms with Gasteiger partial charge in [0.05, 0.1) is 11.6 Å². The number of benzene rings is 1. The summed E-state index contributed by atoms with van der Waals surface area (Å²) >= 11 is 5.64. The first-order valence-electron chi connectivity index (χ1n) is 3.78. The van der Waals surface area contributed by atoms with Crippen molar-refractivity contribution in [1.82, 2.24) is 0 Å². The van der Waals surface area contributed by atoms with Gasteiger partial charge in [0, 0.05) is 10.7 Å². The molecule has 0 fully saturated rings. The first-order valence-corrected chi connectivity index (χ1v) is 4.15. The molecule has 1 aromatic rings. The number of aliphatic carboxylic acids is 1. The van der Waals surface area contributed by atoms with Crippen molar-refractivity contribution >= 4 is 29.2 Å². The van der Waals surface area contributed by atoms with Crippen LogP contribution in [0.3, 0.4) is 0 Å². The third-order valence-corrected chi connectivity index (χ3v) is 1.70. The number of rotatable bonds is 1. The van der Waals surface area contributed by atoms with Gasteiger partial charge in [-0.15, -0.1) is 0 Å². The van der Waals surface area contributed by atoms with Crippen LogP contribution in [0.1, 0.15) is 5.56 Å². The summed E-state index contributed by atoms with van der Waals surface area (Å²) in [4.78, 5) is 21.0. The highest BCUT2D eigenvalue weighted by Gasteiger charge is 2.11. The fourth-order valence-corrected chi connectivity index (χ4v) is 1.15. The number of halogens is 1. The number of nitrogens with one attached hydrogen (secondary N) is 1. The predicted molar refractivity (Wildman–Crippen MR) is 52.4 cm³/mol. The number of anilines is 1. The molecule has 0 unspecified atom stereocenters. The first-order chi connectivity index (χ1) is 7.02. The number of carbonyl (C=O) groups excluding carboxylic acids is 1. The quantitative estimate of drug-likeness (QED) is 0.702. The molecule has 1 aromatic carbocycles. The number of amides is 1. The first kappa shape index (κ1) is 11.0. The van der Waals surface area contributed by atoms with Crippen LogP contribution in [0.15, 0.2) is 18.2 Å². The summed E-state index contributed by atoms with van der Waals surface area (Å²) in [5.74, 6) is -2.78. The second-order valence-electron chi connectivity index (χ2n) is 2.60. The largest absolute Gasteiger partial charge is 0.474 e. The Bertz CT molecular complexity index is 465. The van der Waals surface area contributed by atoms with Crippen LogP contribution in [0.2, 0.25) is 5.02 Å². The van der Waals surface area contributed by atoms with Gasteiger partial charge in [-0.25, -0.2) is 4.79 Å². The zero-order valence-corrected chi connectivity index (χ0v) is 8.08. The van der Waals surface area contributed by atoms with Crippen molar-refractivity contribution in [3.8, 4) is 6.07 Å². The third-order valence-electron chi connectivity index (χ3n) is 1.48. The molecule has 0 aliphatic carbocycles. The number of hydrogen-bond acceptors (Lipinski definition) is 3. The van der Waals surface area contributed by atoms with Gasteiger partial charge in [-0.2, -0.15) is 5.26 Å². The maximum atomic E-state index is 10.8. The van der Waals surface area contributed by atoms with Gasteiger partial charge in [-0.05, 0) is 18.2 Å². The predicted octanol–water partition coefficient (Wildman–Crippen LogP) is 1.23.